The predicted molar refractivity (Wildman–Crippen MR) is 104 cm³/mol. The third-order valence-corrected chi connectivity index (χ3v) is 6.15. The molecule has 2 aliphatic heterocycles. The first-order valence-corrected chi connectivity index (χ1v) is 9.70. The minimum absolute atomic E-state index is 0.0479. The fourth-order valence-corrected chi connectivity index (χ4v) is 4.80. The summed E-state index contributed by atoms with van der Waals surface area (Å²) in [6.07, 6.45) is 4.18. The summed E-state index contributed by atoms with van der Waals surface area (Å²) in [5, 5.41) is 10.2. The van der Waals surface area contributed by atoms with E-state index in [1.165, 1.54) is 0 Å². The van der Waals surface area contributed by atoms with Crippen LogP contribution in [0, 0.1) is 5.41 Å². The Morgan fingerprint density at radius 1 is 1.19 bits per heavy atom. The van der Waals surface area contributed by atoms with Gasteiger partial charge in [0.05, 0.1) is 12.3 Å². The van der Waals surface area contributed by atoms with Crippen LogP contribution in [0.2, 0.25) is 0 Å². The first-order chi connectivity index (χ1) is 13.0. The molecule has 0 radical (unpaired) electrons. The Kier molecular flexibility index (Phi) is 4.78. The lowest BCUT2D eigenvalue weighted by Crippen LogP contribution is -2.53. The molecule has 1 unspecified atom stereocenters. The van der Waals surface area contributed by atoms with Crippen LogP contribution >= 0.6 is 0 Å². The van der Waals surface area contributed by atoms with Crippen molar-refractivity contribution in [1.82, 2.24) is 19.4 Å². The van der Waals surface area contributed by atoms with Crippen molar-refractivity contribution in [3.63, 3.8) is 0 Å². The van der Waals surface area contributed by atoms with E-state index in [2.05, 4.69) is 16.9 Å². The fourth-order valence-electron chi connectivity index (χ4n) is 4.80. The lowest BCUT2D eigenvalue weighted by atomic mass is 9.71. The normalized spacial score (nSPS) is 22.9. The second-order valence-electron chi connectivity index (χ2n) is 8.24. The van der Waals surface area contributed by atoms with Gasteiger partial charge < -0.3 is 19.5 Å². The zero-order valence-electron chi connectivity index (χ0n) is 16.1. The highest BCUT2D eigenvalue weighted by molar-refractivity contribution is 5.93. The number of β-amino-alcohol motifs (C(OH)–C–C–N with tert-alkyl or cyclic N) is 1. The van der Waals surface area contributed by atoms with E-state index in [0.717, 1.165) is 56.8 Å². The van der Waals surface area contributed by atoms with Crippen LogP contribution in [-0.4, -0.2) is 69.7 Å². The smallest absolute Gasteiger partial charge is 0.272 e. The van der Waals surface area contributed by atoms with Crippen molar-refractivity contribution >= 4 is 5.91 Å². The van der Waals surface area contributed by atoms with Crippen molar-refractivity contribution in [2.45, 2.75) is 25.4 Å². The minimum Gasteiger partial charge on any atom is -0.392 e. The zero-order valence-corrected chi connectivity index (χ0v) is 16.1. The van der Waals surface area contributed by atoms with Gasteiger partial charge in [0, 0.05) is 38.8 Å². The number of benzene rings is 1. The first kappa shape index (κ1) is 18.2. The van der Waals surface area contributed by atoms with E-state index >= 15 is 0 Å². The van der Waals surface area contributed by atoms with E-state index in [1.54, 1.807) is 6.20 Å². The zero-order chi connectivity index (χ0) is 19.0. The van der Waals surface area contributed by atoms with Gasteiger partial charge in [-0.15, -0.1) is 0 Å². The molecule has 2 saturated heterocycles. The number of hydrogen-bond donors (Lipinski definition) is 1. The lowest BCUT2D eigenvalue weighted by molar-refractivity contribution is -0.0287. The first-order valence-electron chi connectivity index (χ1n) is 9.70. The van der Waals surface area contributed by atoms with E-state index in [0.29, 0.717) is 5.69 Å². The van der Waals surface area contributed by atoms with Crippen molar-refractivity contribution in [3.8, 4) is 11.4 Å². The number of carbonyl (C=O) groups is 1. The van der Waals surface area contributed by atoms with Crippen LogP contribution in [-0.2, 0) is 7.05 Å². The maximum Gasteiger partial charge on any atom is 0.272 e. The number of amides is 1. The summed E-state index contributed by atoms with van der Waals surface area (Å²) in [7, 11) is 3.98. The summed E-state index contributed by atoms with van der Waals surface area (Å²) >= 11 is 0. The van der Waals surface area contributed by atoms with Gasteiger partial charge in [-0.3, -0.25) is 4.79 Å². The van der Waals surface area contributed by atoms with Crippen LogP contribution in [0.1, 0.15) is 29.8 Å². The number of aliphatic hydroxyl groups excluding tert-OH is 1. The Hall–Kier alpha value is -2.18. The number of likely N-dealkylation sites (N-methyl/N-ethyl adjacent to an activating group) is 1. The molecule has 1 amide bonds. The molecule has 1 N–H and O–H groups in total. The molecule has 4 rings (SSSR count). The number of hydrogen-bond acceptors (Lipinski definition) is 4. The molecule has 27 heavy (non-hydrogen) atoms. The number of nitrogens with zero attached hydrogens (tertiary/aromatic N) is 4. The molecule has 2 fully saturated rings. The molecule has 0 bridgehead atoms. The van der Waals surface area contributed by atoms with Crippen molar-refractivity contribution in [3.05, 3.63) is 42.2 Å². The number of aromatic nitrogens is 2. The molecular formula is C21H28N4O2. The van der Waals surface area contributed by atoms with Gasteiger partial charge in [0.25, 0.3) is 5.91 Å². The summed E-state index contributed by atoms with van der Waals surface area (Å²) in [6, 6.07) is 9.94. The quantitative estimate of drug-likeness (QED) is 0.881. The fraction of sp³-hybridized carbons (Fsp3) is 0.524. The van der Waals surface area contributed by atoms with Crippen LogP contribution in [0.4, 0.5) is 0 Å². The molecule has 1 spiro atoms. The third-order valence-electron chi connectivity index (χ3n) is 6.15. The molecule has 3 heterocycles. The van der Waals surface area contributed by atoms with Gasteiger partial charge in [-0.1, -0.05) is 30.3 Å². The van der Waals surface area contributed by atoms with Crippen molar-refractivity contribution in [2.75, 3.05) is 33.2 Å². The Morgan fingerprint density at radius 2 is 1.89 bits per heavy atom. The average Bonchev–Trinajstić information content (AvgIpc) is 3.03. The molecule has 1 atom stereocenters. The highest BCUT2D eigenvalue weighted by Gasteiger charge is 2.41. The number of imidazole rings is 1. The Balaban J connectivity index is 1.47. The molecule has 0 aliphatic carbocycles. The molecule has 1 aromatic heterocycles. The predicted octanol–water partition coefficient (Wildman–Crippen LogP) is 2.01. The van der Waals surface area contributed by atoms with Gasteiger partial charge in [-0.2, -0.15) is 0 Å². The van der Waals surface area contributed by atoms with E-state index in [9.17, 15) is 9.90 Å². The second-order valence-corrected chi connectivity index (χ2v) is 8.24. The molecular weight excluding hydrogens is 340 g/mol. The molecule has 6 heteroatoms. The van der Waals surface area contributed by atoms with E-state index < -0.39 is 0 Å². The summed E-state index contributed by atoms with van der Waals surface area (Å²) in [6.45, 7) is 3.24. The van der Waals surface area contributed by atoms with E-state index in [1.807, 2.05) is 46.8 Å². The highest BCUT2D eigenvalue weighted by atomic mass is 16.3. The van der Waals surface area contributed by atoms with Gasteiger partial charge in [0.15, 0.2) is 0 Å². The number of aliphatic hydroxyl groups is 1. The third kappa shape index (κ3) is 3.51. The van der Waals surface area contributed by atoms with Crippen LogP contribution in [0.15, 0.2) is 36.5 Å². The molecule has 6 nitrogen and oxygen atoms in total. The Morgan fingerprint density at radius 3 is 2.56 bits per heavy atom. The van der Waals surface area contributed by atoms with E-state index in [-0.39, 0.29) is 17.4 Å². The number of likely N-dealkylation sites (tertiary alicyclic amines) is 2. The molecule has 1 aromatic carbocycles. The number of rotatable bonds is 2. The summed E-state index contributed by atoms with van der Waals surface area (Å²) in [4.78, 5) is 21.7. The van der Waals surface area contributed by atoms with Crippen LogP contribution in [0.5, 0.6) is 0 Å². The SMILES string of the molecule is CN1CC(O)CC2(CCN(C(=O)c3cnc(-c4ccccc4)n3C)CC2)C1. The van der Waals surface area contributed by atoms with Crippen LogP contribution in [0.25, 0.3) is 11.4 Å². The largest absolute Gasteiger partial charge is 0.392 e. The van der Waals surface area contributed by atoms with Gasteiger partial charge in [-0.25, -0.2) is 4.98 Å². The summed E-state index contributed by atoms with van der Waals surface area (Å²) in [5.41, 5.74) is 1.78. The highest BCUT2D eigenvalue weighted by Crippen LogP contribution is 2.39. The van der Waals surface area contributed by atoms with E-state index in [4.69, 9.17) is 0 Å². The van der Waals surface area contributed by atoms with Gasteiger partial charge in [0.2, 0.25) is 0 Å². The van der Waals surface area contributed by atoms with Crippen molar-refractivity contribution in [1.29, 1.82) is 0 Å². The minimum atomic E-state index is -0.253. The van der Waals surface area contributed by atoms with Crippen LogP contribution < -0.4 is 0 Å². The molecule has 0 saturated carbocycles. The van der Waals surface area contributed by atoms with Gasteiger partial charge in [-0.05, 0) is 31.7 Å². The monoisotopic (exact) mass is 368 g/mol. The van der Waals surface area contributed by atoms with Gasteiger partial charge in [0.1, 0.15) is 11.5 Å². The molecule has 2 aliphatic rings. The Labute approximate surface area is 160 Å². The summed E-state index contributed by atoms with van der Waals surface area (Å²) < 4.78 is 1.89. The second kappa shape index (κ2) is 7.09. The molecule has 144 valence electrons. The van der Waals surface area contributed by atoms with Gasteiger partial charge >= 0.3 is 0 Å². The van der Waals surface area contributed by atoms with Crippen LogP contribution in [0.3, 0.4) is 0 Å². The van der Waals surface area contributed by atoms with Crippen molar-refractivity contribution in [2.24, 2.45) is 12.5 Å². The topological polar surface area (TPSA) is 61.6 Å². The maximum absolute atomic E-state index is 13.1. The number of piperidine rings is 2. The summed E-state index contributed by atoms with van der Waals surface area (Å²) in [5.74, 6) is 0.858. The van der Waals surface area contributed by atoms with Crippen molar-refractivity contribution < 1.29 is 9.90 Å². The standard InChI is InChI=1S/C21H28N4O2/c1-23-14-17(26)12-21(15-23)8-10-25(11-9-21)20(27)18-13-22-19(24(18)2)16-6-4-3-5-7-16/h3-7,13,17,26H,8-12,14-15H2,1-2H3. The lowest BCUT2D eigenvalue weighted by Gasteiger charge is -2.48. The maximum atomic E-state index is 13.1. The Bertz CT molecular complexity index is 797. The molecule has 2 aromatic rings. The number of carbonyl (C=O) groups excluding carboxylic acids is 1. The average molecular weight is 368 g/mol.